The standard InChI is InChI=1S/C13H16N2O4/c1-2-19-10-5-3-9(4-6-10)14-13(17)11-7-18-8-12(16)15-11/h3-6,11H,2,7-8H2,1H3,(H,14,17)(H,15,16). The molecule has 0 radical (unpaired) electrons. The summed E-state index contributed by atoms with van der Waals surface area (Å²) in [5, 5.41) is 5.28. The number of carbonyl (C=O) groups is 2. The molecule has 1 unspecified atom stereocenters. The molecule has 0 aliphatic carbocycles. The third-order valence-corrected chi connectivity index (χ3v) is 2.60. The molecule has 1 saturated heterocycles. The van der Waals surface area contributed by atoms with Gasteiger partial charge in [-0.05, 0) is 31.2 Å². The third-order valence-electron chi connectivity index (χ3n) is 2.60. The molecule has 0 bridgehead atoms. The molecule has 2 N–H and O–H groups in total. The summed E-state index contributed by atoms with van der Waals surface area (Å²) < 4.78 is 10.3. The minimum atomic E-state index is -0.646. The Hall–Kier alpha value is -2.08. The van der Waals surface area contributed by atoms with Crippen LogP contribution in [0.4, 0.5) is 5.69 Å². The fourth-order valence-corrected chi connectivity index (χ4v) is 1.72. The van der Waals surface area contributed by atoms with E-state index in [1.807, 2.05) is 6.92 Å². The van der Waals surface area contributed by atoms with Crippen molar-refractivity contribution in [2.45, 2.75) is 13.0 Å². The van der Waals surface area contributed by atoms with Gasteiger partial charge in [0.05, 0.1) is 13.2 Å². The van der Waals surface area contributed by atoms with E-state index in [0.29, 0.717) is 12.3 Å². The topological polar surface area (TPSA) is 76.7 Å². The molecule has 1 aliphatic rings. The van der Waals surface area contributed by atoms with Gasteiger partial charge in [-0.2, -0.15) is 0 Å². The van der Waals surface area contributed by atoms with Gasteiger partial charge in [0.25, 0.3) is 0 Å². The van der Waals surface area contributed by atoms with Gasteiger partial charge in [-0.25, -0.2) is 0 Å². The number of carbonyl (C=O) groups excluding carboxylic acids is 2. The molecule has 6 heteroatoms. The quantitative estimate of drug-likeness (QED) is 0.832. The number of amides is 2. The summed E-state index contributed by atoms with van der Waals surface area (Å²) in [7, 11) is 0. The second-order valence-corrected chi connectivity index (χ2v) is 4.08. The second kappa shape index (κ2) is 6.19. The van der Waals surface area contributed by atoms with Gasteiger partial charge < -0.3 is 20.1 Å². The minimum Gasteiger partial charge on any atom is -0.494 e. The first-order valence-corrected chi connectivity index (χ1v) is 6.10. The van der Waals surface area contributed by atoms with E-state index in [0.717, 1.165) is 5.75 Å². The minimum absolute atomic E-state index is 0.00678. The maximum absolute atomic E-state index is 11.9. The number of nitrogens with one attached hydrogen (secondary N) is 2. The highest BCUT2D eigenvalue weighted by atomic mass is 16.5. The Labute approximate surface area is 111 Å². The molecular weight excluding hydrogens is 248 g/mol. The molecule has 1 aromatic carbocycles. The maximum Gasteiger partial charge on any atom is 0.249 e. The Kier molecular flexibility index (Phi) is 4.35. The monoisotopic (exact) mass is 264 g/mol. The van der Waals surface area contributed by atoms with Crippen LogP contribution in [0.5, 0.6) is 5.75 Å². The summed E-state index contributed by atoms with van der Waals surface area (Å²) in [5.41, 5.74) is 0.647. The molecule has 102 valence electrons. The summed E-state index contributed by atoms with van der Waals surface area (Å²) >= 11 is 0. The number of anilines is 1. The molecule has 19 heavy (non-hydrogen) atoms. The zero-order valence-electron chi connectivity index (χ0n) is 10.6. The average Bonchev–Trinajstić information content (AvgIpc) is 2.41. The van der Waals surface area contributed by atoms with E-state index in [2.05, 4.69) is 10.6 Å². The lowest BCUT2D eigenvalue weighted by Crippen LogP contribution is -2.51. The molecule has 1 atom stereocenters. The highest BCUT2D eigenvalue weighted by Crippen LogP contribution is 2.15. The van der Waals surface area contributed by atoms with Crippen molar-refractivity contribution in [3.05, 3.63) is 24.3 Å². The summed E-state index contributed by atoms with van der Waals surface area (Å²) in [6, 6.07) is 6.39. The molecular formula is C13H16N2O4. The Morgan fingerprint density at radius 2 is 2.21 bits per heavy atom. The van der Waals surface area contributed by atoms with Crippen molar-refractivity contribution in [3.8, 4) is 5.75 Å². The van der Waals surface area contributed by atoms with Crippen molar-refractivity contribution >= 4 is 17.5 Å². The van der Waals surface area contributed by atoms with Crippen LogP contribution in [-0.4, -0.2) is 37.7 Å². The first-order chi connectivity index (χ1) is 9.19. The van der Waals surface area contributed by atoms with Crippen LogP contribution in [0.3, 0.4) is 0 Å². The normalized spacial score (nSPS) is 18.6. The Morgan fingerprint density at radius 1 is 1.47 bits per heavy atom. The molecule has 6 nitrogen and oxygen atoms in total. The Bertz CT molecular complexity index is 458. The molecule has 1 heterocycles. The zero-order chi connectivity index (χ0) is 13.7. The van der Waals surface area contributed by atoms with Crippen LogP contribution in [0.25, 0.3) is 0 Å². The first-order valence-electron chi connectivity index (χ1n) is 6.10. The van der Waals surface area contributed by atoms with Crippen molar-refractivity contribution in [2.75, 3.05) is 25.1 Å². The van der Waals surface area contributed by atoms with Crippen molar-refractivity contribution in [3.63, 3.8) is 0 Å². The molecule has 1 aliphatic heterocycles. The lowest BCUT2D eigenvalue weighted by molar-refractivity contribution is -0.136. The average molecular weight is 264 g/mol. The van der Waals surface area contributed by atoms with Gasteiger partial charge in [-0.15, -0.1) is 0 Å². The number of hydrogen-bond acceptors (Lipinski definition) is 4. The number of morpholine rings is 1. The fraction of sp³-hybridized carbons (Fsp3) is 0.385. The van der Waals surface area contributed by atoms with Crippen molar-refractivity contribution < 1.29 is 19.1 Å². The van der Waals surface area contributed by atoms with E-state index in [9.17, 15) is 9.59 Å². The van der Waals surface area contributed by atoms with Crippen LogP contribution in [0, 0.1) is 0 Å². The van der Waals surface area contributed by atoms with Crippen molar-refractivity contribution in [1.82, 2.24) is 5.32 Å². The van der Waals surface area contributed by atoms with Crippen LogP contribution < -0.4 is 15.4 Å². The van der Waals surface area contributed by atoms with Crippen molar-refractivity contribution in [2.24, 2.45) is 0 Å². The second-order valence-electron chi connectivity index (χ2n) is 4.08. The SMILES string of the molecule is CCOc1ccc(NC(=O)C2COCC(=O)N2)cc1. The molecule has 0 aromatic heterocycles. The Balaban J connectivity index is 1.92. The van der Waals surface area contributed by atoms with E-state index in [1.54, 1.807) is 24.3 Å². The van der Waals surface area contributed by atoms with Crippen LogP contribution in [0.2, 0.25) is 0 Å². The molecule has 0 saturated carbocycles. The van der Waals surface area contributed by atoms with Crippen molar-refractivity contribution in [1.29, 1.82) is 0 Å². The predicted octanol–water partition coefficient (Wildman–Crippen LogP) is 0.539. The lowest BCUT2D eigenvalue weighted by atomic mass is 10.2. The van der Waals surface area contributed by atoms with Crippen LogP contribution in [0.1, 0.15) is 6.92 Å². The molecule has 0 spiro atoms. The number of ether oxygens (including phenoxy) is 2. The van der Waals surface area contributed by atoms with Crippen LogP contribution in [0.15, 0.2) is 24.3 Å². The van der Waals surface area contributed by atoms with E-state index >= 15 is 0 Å². The summed E-state index contributed by atoms with van der Waals surface area (Å²) in [5.74, 6) is 0.171. The molecule has 2 rings (SSSR count). The first kappa shape index (κ1) is 13.4. The maximum atomic E-state index is 11.9. The number of rotatable bonds is 4. The smallest absolute Gasteiger partial charge is 0.249 e. The Morgan fingerprint density at radius 3 is 2.84 bits per heavy atom. The molecule has 1 aromatic rings. The summed E-state index contributed by atoms with van der Waals surface area (Å²) in [6.45, 7) is 2.69. The number of benzene rings is 1. The largest absolute Gasteiger partial charge is 0.494 e. The highest BCUT2D eigenvalue weighted by molar-refractivity contribution is 5.97. The van der Waals surface area contributed by atoms with Crippen LogP contribution >= 0.6 is 0 Å². The third kappa shape index (κ3) is 3.69. The molecule has 1 fully saturated rings. The zero-order valence-corrected chi connectivity index (χ0v) is 10.6. The summed E-state index contributed by atoms with van der Waals surface area (Å²) in [4.78, 5) is 23.0. The van der Waals surface area contributed by atoms with E-state index in [4.69, 9.17) is 9.47 Å². The number of hydrogen-bond donors (Lipinski definition) is 2. The van der Waals surface area contributed by atoms with Gasteiger partial charge >= 0.3 is 0 Å². The van der Waals surface area contributed by atoms with E-state index in [1.165, 1.54) is 0 Å². The van der Waals surface area contributed by atoms with Crippen LogP contribution in [-0.2, 0) is 14.3 Å². The van der Waals surface area contributed by atoms with Gasteiger partial charge in [0.2, 0.25) is 11.8 Å². The van der Waals surface area contributed by atoms with Gasteiger partial charge in [0.1, 0.15) is 18.4 Å². The van der Waals surface area contributed by atoms with Gasteiger partial charge in [-0.3, -0.25) is 9.59 Å². The highest BCUT2D eigenvalue weighted by Gasteiger charge is 2.25. The molecule has 2 amide bonds. The van der Waals surface area contributed by atoms with Gasteiger partial charge in [-0.1, -0.05) is 0 Å². The predicted molar refractivity (Wildman–Crippen MR) is 69.0 cm³/mol. The van der Waals surface area contributed by atoms with Gasteiger partial charge in [0.15, 0.2) is 0 Å². The fourth-order valence-electron chi connectivity index (χ4n) is 1.72. The summed E-state index contributed by atoms with van der Waals surface area (Å²) in [6.07, 6.45) is 0. The lowest BCUT2D eigenvalue weighted by Gasteiger charge is -2.22. The van der Waals surface area contributed by atoms with Gasteiger partial charge in [0, 0.05) is 5.69 Å². The van der Waals surface area contributed by atoms with E-state index in [-0.39, 0.29) is 25.0 Å². The van der Waals surface area contributed by atoms with E-state index < -0.39 is 6.04 Å².